The van der Waals surface area contributed by atoms with Crippen LogP contribution in [0, 0.1) is 0 Å². The molecular formula is C10H12BrNO2. The lowest BCUT2D eigenvalue weighted by atomic mass is 10.1. The molecule has 0 amide bonds. The smallest absolute Gasteiger partial charge is 0.124 e. The van der Waals surface area contributed by atoms with E-state index in [9.17, 15) is 0 Å². The van der Waals surface area contributed by atoms with Gasteiger partial charge in [-0.25, -0.2) is 0 Å². The van der Waals surface area contributed by atoms with Crippen molar-refractivity contribution in [3.8, 4) is 5.75 Å². The molecule has 1 atom stereocenters. The molecule has 3 nitrogen and oxygen atoms in total. The second-order valence-electron chi connectivity index (χ2n) is 3.14. The number of rotatable bonds is 2. The fourth-order valence-corrected chi connectivity index (χ4v) is 1.94. The van der Waals surface area contributed by atoms with Crippen molar-refractivity contribution in [1.82, 2.24) is 5.32 Å². The third kappa shape index (κ3) is 1.92. The minimum absolute atomic E-state index is 0.0995. The zero-order valence-electron chi connectivity index (χ0n) is 7.92. The van der Waals surface area contributed by atoms with Gasteiger partial charge in [0, 0.05) is 16.6 Å². The Balaban J connectivity index is 2.33. The molecule has 0 spiro atoms. The van der Waals surface area contributed by atoms with Crippen LogP contribution in [0.4, 0.5) is 0 Å². The van der Waals surface area contributed by atoms with E-state index >= 15 is 0 Å². The van der Waals surface area contributed by atoms with Crippen LogP contribution in [0.2, 0.25) is 0 Å². The van der Waals surface area contributed by atoms with Crippen LogP contribution in [-0.4, -0.2) is 20.4 Å². The average Bonchev–Trinajstić information content (AvgIpc) is 2.70. The minimum Gasteiger partial charge on any atom is -0.496 e. The lowest BCUT2D eigenvalue weighted by Crippen LogP contribution is -2.08. The van der Waals surface area contributed by atoms with E-state index < -0.39 is 0 Å². The molecule has 1 unspecified atom stereocenters. The van der Waals surface area contributed by atoms with Gasteiger partial charge < -0.3 is 9.47 Å². The molecule has 1 aliphatic heterocycles. The molecule has 1 saturated heterocycles. The highest BCUT2D eigenvalue weighted by atomic mass is 79.9. The highest BCUT2D eigenvalue weighted by Gasteiger charge is 2.20. The standard InChI is InChI=1S/C10H12BrNO2/c1-13-9-3-2-7(11)4-8(9)10-5-12-6-14-10/h2-4,10,12H,5-6H2,1H3. The summed E-state index contributed by atoms with van der Waals surface area (Å²) >= 11 is 3.44. The molecule has 0 saturated carbocycles. The van der Waals surface area contributed by atoms with Gasteiger partial charge in [-0.3, -0.25) is 5.32 Å². The van der Waals surface area contributed by atoms with E-state index in [1.165, 1.54) is 0 Å². The Morgan fingerprint density at radius 3 is 3.07 bits per heavy atom. The predicted octanol–water partition coefficient (Wildman–Crippen LogP) is 2.08. The second-order valence-corrected chi connectivity index (χ2v) is 4.06. The summed E-state index contributed by atoms with van der Waals surface area (Å²) in [4.78, 5) is 0. The van der Waals surface area contributed by atoms with Crippen LogP contribution in [0.25, 0.3) is 0 Å². The molecule has 0 aliphatic carbocycles. The highest BCUT2D eigenvalue weighted by molar-refractivity contribution is 9.10. The van der Waals surface area contributed by atoms with Gasteiger partial charge in [0.1, 0.15) is 11.9 Å². The van der Waals surface area contributed by atoms with Gasteiger partial charge in [0.2, 0.25) is 0 Å². The molecule has 2 rings (SSSR count). The quantitative estimate of drug-likeness (QED) is 0.880. The molecule has 1 aromatic carbocycles. The summed E-state index contributed by atoms with van der Waals surface area (Å²) in [6.45, 7) is 1.45. The first-order valence-electron chi connectivity index (χ1n) is 4.47. The van der Waals surface area contributed by atoms with Crippen LogP contribution < -0.4 is 10.1 Å². The number of nitrogens with one attached hydrogen (secondary N) is 1. The first kappa shape index (κ1) is 9.96. The third-order valence-corrected chi connectivity index (χ3v) is 2.75. The summed E-state index contributed by atoms with van der Waals surface area (Å²) in [5.41, 5.74) is 1.09. The second kappa shape index (κ2) is 4.29. The molecule has 14 heavy (non-hydrogen) atoms. The topological polar surface area (TPSA) is 30.5 Å². The Kier molecular flexibility index (Phi) is 3.05. The van der Waals surface area contributed by atoms with Gasteiger partial charge in [0.05, 0.1) is 13.8 Å². The van der Waals surface area contributed by atoms with E-state index in [1.807, 2.05) is 18.2 Å². The summed E-state index contributed by atoms with van der Waals surface area (Å²) in [5, 5.41) is 3.15. The molecule has 4 heteroatoms. The Hall–Kier alpha value is -0.580. The Bertz CT molecular complexity index is 324. The van der Waals surface area contributed by atoms with Gasteiger partial charge in [-0.15, -0.1) is 0 Å². The molecule has 0 radical (unpaired) electrons. The van der Waals surface area contributed by atoms with E-state index in [0.717, 1.165) is 22.3 Å². The van der Waals surface area contributed by atoms with E-state index in [4.69, 9.17) is 9.47 Å². The number of hydrogen-bond acceptors (Lipinski definition) is 3. The van der Waals surface area contributed by atoms with Gasteiger partial charge in [-0.1, -0.05) is 15.9 Å². The summed E-state index contributed by atoms with van der Waals surface area (Å²) < 4.78 is 11.9. The summed E-state index contributed by atoms with van der Waals surface area (Å²) in [6, 6.07) is 5.95. The molecule has 1 aliphatic rings. The monoisotopic (exact) mass is 257 g/mol. The van der Waals surface area contributed by atoms with Gasteiger partial charge in [0.25, 0.3) is 0 Å². The molecule has 1 N–H and O–H groups in total. The molecule has 76 valence electrons. The maximum Gasteiger partial charge on any atom is 0.124 e. The van der Waals surface area contributed by atoms with E-state index in [-0.39, 0.29) is 6.10 Å². The van der Waals surface area contributed by atoms with Crippen LogP contribution >= 0.6 is 15.9 Å². The van der Waals surface area contributed by atoms with Crippen molar-refractivity contribution in [2.45, 2.75) is 6.10 Å². The minimum atomic E-state index is 0.0995. The first-order valence-corrected chi connectivity index (χ1v) is 5.26. The largest absolute Gasteiger partial charge is 0.496 e. The predicted molar refractivity (Wildman–Crippen MR) is 57.4 cm³/mol. The normalized spacial score (nSPS) is 21.1. The number of benzene rings is 1. The van der Waals surface area contributed by atoms with E-state index in [0.29, 0.717) is 6.73 Å². The average molecular weight is 258 g/mol. The lowest BCUT2D eigenvalue weighted by Gasteiger charge is -2.13. The number of hydrogen-bond donors (Lipinski definition) is 1. The number of methoxy groups -OCH3 is 1. The van der Waals surface area contributed by atoms with Crippen molar-refractivity contribution in [3.63, 3.8) is 0 Å². The summed E-state index contributed by atoms with van der Waals surface area (Å²) in [5.74, 6) is 0.877. The summed E-state index contributed by atoms with van der Waals surface area (Å²) in [7, 11) is 1.68. The van der Waals surface area contributed by atoms with E-state index in [2.05, 4.69) is 21.2 Å². The van der Waals surface area contributed by atoms with Crippen LogP contribution in [0.1, 0.15) is 11.7 Å². The van der Waals surface area contributed by atoms with Crippen molar-refractivity contribution in [3.05, 3.63) is 28.2 Å². The maximum absolute atomic E-state index is 5.52. The zero-order valence-corrected chi connectivity index (χ0v) is 9.50. The van der Waals surface area contributed by atoms with Crippen LogP contribution in [-0.2, 0) is 4.74 Å². The fourth-order valence-electron chi connectivity index (χ4n) is 1.57. The zero-order chi connectivity index (χ0) is 9.97. The van der Waals surface area contributed by atoms with Crippen LogP contribution in [0.15, 0.2) is 22.7 Å². The number of ether oxygens (including phenoxy) is 2. The Morgan fingerprint density at radius 1 is 1.57 bits per heavy atom. The molecular weight excluding hydrogens is 246 g/mol. The maximum atomic E-state index is 5.52. The van der Waals surface area contributed by atoms with Crippen molar-refractivity contribution in [1.29, 1.82) is 0 Å². The van der Waals surface area contributed by atoms with E-state index in [1.54, 1.807) is 7.11 Å². The fraction of sp³-hybridized carbons (Fsp3) is 0.400. The van der Waals surface area contributed by atoms with Crippen molar-refractivity contribution >= 4 is 15.9 Å². The molecule has 0 bridgehead atoms. The molecule has 1 heterocycles. The number of halogens is 1. The van der Waals surface area contributed by atoms with Gasteiger partial charge in [0.15, 0.2) is 0 Å². The lowest BCUT2D eigenvalue weighted by molar-refractivity contribution is 0.112. The molecule has 1 fully saturated rings. The molecule has 1 aromatic rings. The van der Waals surface area contributed by atoms with Crippen molar-refractivity contribution in [2.24, 2.45) is 0 Å². The Labute approximate surface area is 91.5 Å². The molecule has 0 aromatic heterocycles. The highest BCUT2D eigenvalue weighted by Crippen LogP contribution is 2.31. The van der Waals surface area contributed by atoms with Crippen LogP contribution in [0.3, 0.4) is 0 Å². The first-order chi connectivity index (χ1) is 6.81. The summed E-state index contributed by atoms with van der Waals surface area (Å²) in [6.07, 6.45) is 0.0995. The SMILES string of the molecule is COc1ccc(Br)cc1C1CNCO1. The van der Waals surface area contributed by atoms with Gasteiger partial charge in [-0.05, 0) is 18.2 Å². The third-order valence-electron chi connectivity index (χ3n) is 2.25. The van der Waals surface area contributed by atoms with Crippen molar-refractivity contribution < 1.29 is 9.47 Å². The van der Waals surface area contributed by atoms with Crippen molar-refractivity contribution in [2.75, 3.05) is 20.4 Å². The van der Waals surface area contributed by atoms with Gasteiger partial charge >= 0.3 is 0 Å². The Morgan fingerprint density at radius 2 is 2.43 bits per heavy atom. The van der Waals surface area contributed by atoms with Gasteiger partial charge in [-0.2, -0.15) is 0 Å². The van der Waals surface area contributed by atoms with Crippen LogP contribution in [0.5, 0.6) is 5.75 Å².